The van der Waals surface area contributed by atoms with Gasteiger partial charge in [-0.3, -0.25) is 9.59 Å². The van der Waals surface area contributed by atoms with Gasteiger partial charge in [0.25, 0.3) is 21.8 Å². The number of anilines is 1. The van der Waals surface area contributed by atoms with Crippen molar-refractivity contribution in [1.29, 1.82) is 0 Å². The van der Waals surface area contributed by atoms with E-state index in [0.717, 1.165) is 12.1 Å². The number of hydrogen-bond donors (Lipinski definition) is 2. The molecule has 0 fully saturated rings. The highest BCUT2D eigenvalue weighted by atomic mass is 32.2. The maximum atomic E-state index is 13.6. The predicted molar refractivity (Wildman–Crippen MR) is 90.8 cm³/mol. The zero-order chi connectivity index (χ0) is 19.8. The van der Waals surface area contributed by atoms with E-state index in [-0.39, 0.29) is 16.3 Å². The van der Waals surface area contributed by atoms with Crippen LogP contribution in [0.3, 0.4) is 0 Å². The van der Waals surface area contributed by atoms with Gasteiger partial charge in [0.1, 0.15) is 17.4 Å². The van der Waals surface area contributed by atoms with Crippen LogP contribution < -0.4 is 14.8 Å². The highest BCUT2D eigenvalue weighted by Gasteiger charge is 2.28. The van der Waals surface area contributed by atoms with Crippen LogP contribution in [0.5, 0.6) is 5.75 Å². The summed E-state index contributed by atoms with van der Waals surface area (Å²) in [6.45, 7) is 1.76. The van der Waals surface area contributed by atoms with Gasteiger partial charge >= 0.3 is 0 Å². The van der Waals surface area contributed by atoms with Gasteiger partial charge in [-0.15, -0.1) is 0 Å². The van der Waals surface area contributed by atoms with E-state index >= 15 is 0 Å². The van der Waals surface area contributed by atoms with Gasteiger partial charge in [0.2, 0.25) is 0 Å². The zero-order valence-electron chi connectivity index (χ0n) is 14.0. The first-order valence-electron chi connectivity index (χ1n) is 7.85. The van der Waals surface area contributed by atoms with Gasteiger partial charge in [-0.1, -0.05) is 6.92 Å². The first kappa shape index (κ1) is 18.8. The summed E-state index contributed by atoms with van der Waals surface area (Å²) in [5.41, 5.74) is -0.629. The third-order valence-corrected chi connectivity index (χ3v) is 5.18. The summed E-state index contributed by atoms with van der Waals surface area (Å²) >= 11 is 0. The molecule has 1 aliphatic rings. The summed E-state index contributed by atoms with van der Waals surface area (Å²) < 4.78 is 58.8. The van der Waals surface area contributed by atoms with Crippen LogP contribution in [0.4, 0.5) is 14.5 Å². The summed E-state index contributed by atoms with van der Waals surface area (Å²) in [6, 6.07) is 5.71. The predicted octanol–water partition coefficient (Wildman–Crippen LogP) is 2.19. The fourth-order valence-electron chi connectivity index (χ4n) is 2.47. The molecule has 0 aromatic heterocycles. The van der Waals surface area contributed by atoms with Crippen LogP contribution in [-0.4, -0.2) is 26.3 Å². The standard InChI is InChI=1S/C17H14F2N2O5S/c1-2-14-17(23)20-13-8-10(4-6-15(13)26-14)27(24,25)21-16(22)11-7-9(18)3-5-12(11)19/h3-8,14H,2H2,1H3,(H,20,23)(H,21,22)/t14-/m1/s1. The number of rotatable bonds is 4. The number of ether oxygens (including phenoxy) is 1. The second kappa shape index (κ2) is 6.95. The van der Waals surface area contributed by atoms with Crippen molar-refractivity contribution >= 4 is 27.5 Å². The van der Waals surface area contributed by atoms with Crippen molar-refractivity contribution in [3.05, 3.63) is 53.6 Å². The van der Waals surface area contributed by atoms with Gasteiger partial charge < -0.3 is 10.1 Å². The Bertz CT molecular complexity index is 1040. The van der Waals surface area contributed by atoms with Crippen molar-refractivity contribution in [2.45, 2.75) is 24.3 Å². The quantitative estimate of drug-likeness (QED) is 0.825. The number of benzene rings is 2. The molecule has 142 valence electrons. The van der Waals surface area contributed by atoms with E-state index in [2.05, 4.69) is 5.32 Å². The normalized spacial score (nSPS) is 16.1. The number of nitrogens with one attached hydrogen (secondary N) is 2. The van der Waals surface area contributed by atoms with E-state index in [4.69, 9.17) is 4.74 Å². The van der Waals surface area contributed by atoms with Crippen LogP contribution in [0.1, 0.15) is 23.7 Å². The minimum atomic E-state index is -4.40. The summed E-state index contributed by atoms with van der Waals surface area (Å²) in [5, 5.41) is 2.52. The molecule has 1 heterocycles. The number of carbonyl (C=O) groups is 2. The molecular weight excluding hydrogens is 382 g/mol. The van der Waals surface area contributed by atoms with Gasteiger partial charge in [-0.2, -0.15) is 0 Å². The molecule has 27 heavy (non-hydrogen) atoms. The third kappa shape index (κ3) is 3.75. The first-order chi connectivity index (χ1) is 12.7. The van der Waals surface area contributed by atoms with Crippen LogP contribution in [0.25, 0.3) is 0 Å². The molecule has 10 heteroatoms. The molecule has 0 aliphatic carbocycles. The Balaban J connectivity index is 1.88. The van der Waals surface area contributed by atoms with E-state index in [9.17, 15) is 26.8 Å². The van der Waals surface area contributed by atoms with Crippen molar-refractivity contribution in [3.63, 3.8) is 0 Å². The smallest absolute Gasteiger partial charge is 0.268 e. The largest absolute Gasteiger partial charge is 0.478 e. The highest BCUT2D eigenvalue weighted by Crippen LogP contribution is 2.32. The number of hydrogen-bond acceptors (Lipinski definition) is 5. The Morgan fingerprint density at radius 2 is 1.96 bits per heavy atom. The zero-order valence-corrected chi connectivity index (χ0v) is 14.8. The molecule has 0 spiro atoms. The van der Waals surface area contributed by atoms with Crippen LogP contribution in [-0.2, 0) is 14.8 Å². The van der Waals surface area contributed by atoms with Crippen molar-refractivity contribution in [3.8, 4) is 5.75 Å². The second-order valence-corrected chi connectivity index (χ2v) is 7.40. The van der Waals surface area contributed by atoms with Crippen molar-refractivity contribution in [1.82, 2.24) is 4.72 Å². The molecule has 2 N–H and O–H groups in total. The number of halogens is 2. The molecule has 2 aromatic rings. The van der Waals surface area contributed by atoms with Gasteiger partial charge in [0.15, 0.2) is 6.10 Å². The maximum Gasteiger partial charge on any atom is 0.268 e. The monoisotopic (exact) mass is 396 g/mol. The van der Waals surface area contributed by atoms with Crippen LogP contribution in [0, 0.1) is 11.6 Å². The van der Waals surface area contributed by atoms with E-state index in [1.807, 2.05) is 0 Å². The lowest BCUT2D eigenvalue weighted by Gasteiger charge is -2.25. The molecule has 0 unspecified atom stereocenters. The van der Waals surface area contributed by atoms with Crippen LogP contribution in [0.2, 0.25) is 0 Å². The molecule has 2 aromatic carbocycles. The summed E-state index contributed by atoms with van der Waals surface area (Å²) in [4.78, 5) is 23.5. The summed E-state index contributed by atoms with van der Waals surface area (Å²) in [7, 11) is -4.40. The summed E-state index contributed by atoms with van der Waals surface area (Å²) in [5.74, 6) is -3.43. The van der Waals surface area contributed by atoms with E-state index in [1.54, 1.807) is 11.6 Å². The second-order valence-electron chi connectivity index (χ2n) is 5.72. The lowest BCUT2D eigenvalue weighted by Crippen LogP contribution is -2.36. The summed E-state index contributed by atoms with van der Waals surface area (Å²) in [6.07, 6.45) is -0.253. The Morgan fingerprint density at radius 3 is 2.67 bits per heavy atom. The molecule has 0 radical (unpaired) electrons. The molecule has 0 saturated carbocycles. The Morgan fingerprint density at radius 1 is 1.22 bits per heavy atom. The maximum absolute atomic E-state index is 13.6. The number of fused-ring (bicyclic) bond motifs is 1. The van der Waals surface area contributed by atoms with Gasteiger partial charge in [-0.25, -0.2) is 21.9 Å². The molecule has 7 nitrogen and oxygen atoms in total. The van der Waals surface area contributed by atoms with E-state index in [1.165, 1.54) is 12.1 Å². The molecule has 0 bridgehead atoms. The Hall–Kier alpha value is -3.01. The van der Waals surface area contributed by atoms with Crippen LogP contribution in [0.15, 0.2) is 41.3 Å². The van der Waals surface area contributed by atoms with Crippen molar-refractivity contribution in [2.75, 3.05) is 5.32 Å². The fourth-order valence-corrected chi connectivity index (χ4v) is 3.46. The Labute approximate surface area is 153 Å². The number of amides is 2. The number of carbonyl (C=O) groups excluding carboxylic acids is 2. The lowest BCUT2D eigenvalue weighted by molar-refractivity contribution is -0.123. The third-order valence-electron chi connectivity index (χ3n) is 3.85. The van der Waals surface area contributed by atoms with E-state index in [0.29, 0.717) is 18.6 Å². The van der Waals surface area contributed by atoms with E-state index < -0.39 is 45.1 Å². The van der Waals surface area contributed by atoms with Crippen molar-refractivity contribution in [2.24, 2.45) is 0 Å². The molecule has 2 amide bonds. The molecular formula is C17H14F2N2O5S. The SMILES string of the molecule is CC[C@H]1Oc2ccc(S(=O)(=O)NC(=O)c3cc(F)ccc3F)cc2NC1=O. The van der Waals surface area contributed by atoms with Crippen molar-refractivity contribution < 1.29 is 31.5 Å². The average Bonchev–Trinajstić information content (AvgIpc) is 2.62. The van der Waals surface area contributed by atoms with Gasteiger partial charge in [0, 0.05) is 0 Å². The molecule has 1 aliphatic heterocycles. The lowest BCUT2D eigenvalue weighted by atomic mass is 10.2. The van der Waals surface area contributed by atoms with Gasteiger partial charge in [-0.05, 0) is 42.8 Å². The van der Waals surface area contributed by atoms with Crippen LogP contribution >= 0.6 is 0 Å². The molecule has 3 rings (SSSR count). The van der Waals surface area contributed by atoms with Gasteiger partial charge in [0.05, 0.1) is 16.1 Å². The topological polar surface area (TPSA) is 102 Å². The highest BCUT2D eigenvalue weighted by molar-refractivity contribution is 7.90. The fraction of sp³-hybridized carbons (Fsp3) is 0.176. The minimum absolute atomic E-state index is 0.122. The average molecular weight is 396 g/mol. The molecule has 0 saturated heterocycles. The molecule has 1 atom stereocenters. The minimum Gasteiger partial charge on any atom is -0.478 e. The Kier molecular flexibility index (Phi) is 4.83. The first-order valence-corrected chi connectivity index (χ1v) is 9.33. The number of sulfonamides is 1.